The van der Waals surface area contributed by atoms with Crippen molar-refractivity contribution in [3.8, 4) is 0 Å². The molecule has 15 heavy (non-hydrogen) atoms. The van der Waals surface area contributed by atoms with E-state index in [-0.39, 0.29) is 0 Å². The number of rotatable bonds is 7. The molecule has 0 bridgehead atoms. The van der Waals surface area contributed by atoms with Gasteiger partial charge in [-0.15, -0.1) is 0 Å². The smallest absolute Gasteiger partial charge is 0.0153 e. The molecule has 0 atom stereocenters. The molecule has 1 N–H and O–H groups in total. The average Bonchev–Trinajstić information content (AvgIpc) is 2.24. The van der Waals surface area contributed by atoms with Crippen molar-refractivity contribution >= 4 is 0 Å². The summed E-state index contributed by atoms with van der Waals surface area (Å²) in [5.41, 5.74) is 0.475. The van der Waals surface area contributed by atoms with Gasteiger partial charge in [-0.05, 0) is 32.7 Å². The minimum Gasteiger partial charge on any atom is -0.312 e. The van der Waals surface area contributed by atoms with E-state index in [0.717, 1.165) is 0 Å². The molecule has 1 aliphatic carbocycles. The molecule has 0 aromatic heterocycles. The van der Waals surface area contributed by atoms with Crippen LogP contribution < -0.4 is 5.32 Å². The predicted octanol–water partition coefficient (Wildman–Crippen LogP) is 4.27. The van der Waals surface area contributed by atoms with Crippen molar-refractivity contribution in [3.63, 3.8) is 0 Å². The Morgan fingerprint density at radius 3 is 2.27 bits per heavy atom. The lowest BCUT2D eigenvalue weighted by Gasteiger charge is -2.34. The SMILES string of the molecule is CCCCCCCNC1(C)CCCCC1. The van der Waals surface area contributed by atoms with Gasteiger partial charge in [-0.1, -0.05) is 51.9 Å². The van der Waals surface area contributed by atoms with E-state index in [4.69, 9.17) is 0 Å². The highest BCUT2D eigenvalue weighted by Gasteiger charge is 2.25. The molecule has 0 aromatic rings. The van der Waals surface area contributed by atoms with Crippen LogP contribution in [0.3, 0.4) is 0 Å². The second kappa shape index (κ2) is 7.27. The lowest BCUT2D eigenvalue weighted by Crippen LogP contribution is -2.44. The van der Waals surface area contributed by atoms with Crippen molar-refractivity contribution in [2.24, 2.45) is 0 Å². The van der Waals surface area contributed by atoms with Crippen LogP contribution in [0, 0.1) is 0 Å². The average molecular weight is 211 g/mol. The van der Waals surface area contributed by atoms with Crippen LogP contribution in [0.2, 0.25) is 0 Å². The summed E-state index contributed by atoms with van der Waals surface area (Å²) in [5, 5.41) is 3.77. The summed E-state index contributed by atoms with van der Waals surface area (Å²) in [6.07, 6.45) is 14.1. The molecule has 0 aromatic carbocycles. The number of unbranched alkanes of at least 4 members (excludes halogenated alkanes) is 4. The molecule has 90 valence electrons. The van der Waals surface area contributed by atoms with Gasteiger partial charge in [0.2, 0.25) is 0 Å². The third-order valence-corrected chi connectivity index (χ3v) is 3.79. The van der Waals surface area contributed by atoms with Crippen LogP contribution in [0.1, 0.15) is 78.1 Å². The molecule has 0 unspecified atom stereocenters. The minimum absolute atomic E-state index is 0.475. The van der Waals surface area contributed by atoms with E-state index in [2.05, 4.69) is 19.2 Å². The Labute approximate surface area is 96.0 Å². The second-order valence-electron chi connectivity index (χ2n) is 5.46. The van der Waals surface area contributed by atoms with Crippen LogP contribution in [-0.4, -0.2) is 12.1 Å². The molecule has 1 fully saturated rings. The molecule has 0 spiro atoms. The number of hydrogen-bond acceptors (Lipinski definition) is 1. The minimum atomic E-state index is 0.475. The maximum atomic E-state index is 3.77. The summed E-state index contributed by atoms with van der Waals surface area (Å²) in [6, 6.07) is 0. The highest BCUT2D eigenvalue weighted by atomic mass is 15.0. The van der Waals surface area contributed by atoms with E-state index < -0.39 is 0 Å². The first kappa shape index (κ1) is 13.0. The van der Waals surface area contributed by atoms with Gasteiger partial charge in [0.25, 0.3) is 0 Å². The van der Waals surface area contributed by atoms with E-state index >= 15 is 0 Å². The van der Waals surface area contributed by atoms with E-state index in [1.807, 2.05) is 0 Å². The zero-order chi connectivity index (χ0) is 11.0. The Bertz CT molecular complexity index is 147. The van der Waals surface area contributed by atoms with Crippen molar-refractivity contribution < 1.29 is 0 Å². The van der Waals surface area contributed by atoms with Gasteiger partial charge in [0.1, 0.15) is 0 Å². The Morgan fingerprint density at radius 1 is 0.933 bits per heavy atom. The van der Waals surface area contributed by atoms with Gasteiger partial charge in [-0.3, -0.25) is 0 Å². The van der Waals surface area contributed by atoms with Crippen LogP contribution in [0.4, 0.5) is 0 Å². The van der Waals surface area contributed by atoms with E-state index in [9.17, 15) is 0 Å². The van der Waals surface area contributed by atoms with Gasteiger partial charge in [0.15, 0.2) is 0 Å². The lowest BCUT2D eigenvalue weighted by atomic mass is 9.83. The first-order valence-corrected chi connectivity index (χ1v) is 7.02. The highest BCUT2D eigenvalue weighted by molar-refractivity contribution is 4.85. The molecule has 1 heteroatoms. The Balaban J connectivity index is 1.98. The third kappa shape index (κ3) is 5.55. The summed E-state index contributed by atoms with van der Waals surface area (Å²) >= 11 is 0. The molecule has 1 nitrogen and oxygen atoms in total. The first-order valence-electron chi connectivity index (χ1n) is 7.02. The van der Waals surface area contributed by atoms with Gasteiger partial charge >= 0.3 is 0 Å². The van der Waals surface area contributed by atoms with Crippen LogP contribution >= 0.6 is 0 Å². The molecule has 1 saturated carbocycles. The van der Waals surface area contributed by atoms with Crippen molar-refractivity contribution in [2.75, 3.05) is 6.54 Å². The molecule has 0 aliphatic heterocycles. The largest absolute Gasteiger partial charge is 0.312 e. The topological polar surface area (TPSA) is 12.0 Å². The van der Waals surface area contributed by atoms with Crippen molar-refractivity contribution in [3.05, 3.63) is 0 Å². The quantitative estimate of drug-likeness (QED) is 0.620. The van der Waals surface area contributed by atoms with Crippen LogP contribution in [0.25, 0.3) is 0 Å². The molecule has 1 rings (SSSR count). The second-order valence-corrected chi connectivity index (χ2v) is 5.46. The maximum Gasteiger partial charge on any atom is 0.0153 e. The first-order chi connectivity index (χ1) is 7.27. The zero-order valence-corrected chi connectivity index (χ0v) is 10.8. The summed E-state index contributed by atoms with van der Waals surface area (Å²) < 4.78 is 0. The Morgan fingerprint density at radius 2 is 1.60 bits per heavy atom. The van der Waals surface area contributed by atoms with Crippen molar-refractivity contribution in [2.45, 2.75) is 83.6 Å². The zero-order valence-electron chi connectivity index (χ0n) is 10.8. The predicted molar refractivity (Wildman–Crippen MR) is 68.3 cm³/mol. The summed E-state index contributed by atoms with van der Waals surface area (Å²) in [5.74, 6) is 0. The van der Waals surface area contributed by atoms with Gasteiger partial charge < -0.3 is 5.32 Å². The fraction of sp³-hybridized carbons (Fsp3) is 1.00. The normalized spacial score (nSPS) is 20.4. The monoisotopic (exact) mass is 211 g/mol. The number of nitrogens with one attached hydrogen (secondary N) is 1. The van der Waals surface area contributed by atoms with Crippen LogP contribution in [0.15, 0.2) is 0 Å². The molecular formula is C14H29N. The molecule has 0 saturated heterocycles. The maximum absolute atomic E-state index is 3.77. The fourth-order valence-corrected chi connectivity index (χ4v) is 2.63. The van der Waals surface area contributed by atoms with Gasteiger partial charge in [0, 0.05) is 5.54 Å². The molecular weight excluding hydrogens is 182 g/mol. The summed E-state index contributed by atoms with van der Waals surface area (Å²) in [4.78, 5) is 0. The Kier molecular flexibility index (Phi) is 6.31. The fourth-order valence-electron chi connectivity index (χ4n) is 2.63. The van der Waals surface area contributed by atoms with Crippen LogP contribution in [-0.2, 0) is 0 Å². The van der Waals surface area contributed by atoms with Gasteiger partial charge in [-0.25, -0.2) is 0 Å². The molecule has 0 amide bonds. The molecule has 0 radical (unpaired) electrons. The van der Waals surface area contributed by atoms with Crippen molar-refractivity contribution in [1.29, 1.82) is 0 Å². The van der Waals surface area contributed by atoms with E-state index in [1.54, 1.807) is 0 Å². The molecule has 0 heterocycles. The van der Waals surface area contributed by atoms with E-state index in [0.29, 0.717) is 5.54 Å². The Hall–Kier alpha value is -0.0400. The standard InChI is InChI=1S/C14H29N/c1-3-4-5-6-10-13-15-14(2)11-8-7-9-12-14/h15H,3-13H2,1-2H3. The third-order valence-electron chi connectivity index (χ3n) is 3.79. The van der Waals surface area contributed by atoms with Gasteiger partial charge in [-0.2, -0.15) is 0 Å². The highest BCUT2D eigenvalue weighted by Crippen LogP contribution is 2.27. The van der Waals surface area contributed by atoms with Crippen molar-refractivity contribution in [1.82, 2.24) is 5.32 Å². The van der Waals surface area contributed by atoms with Crippen LogP contribution in [0.5, 0.6) is 0 Å². The summed E-state index contributed by atoms with van der Waals surface area (Å²) in [7, 11) is 0. The number of hydrogen-bond donors (Lipinski definition) is 1. The van der Waals surface area contributed by atoms with E-state index in [1.165, 1.54) is 70.8 Å². The lowest BCUT2D eigenvalue weighted by molar-refractivity contribution is 0.253. The molecule has 1 aliphatic rings. The summed E-state index contributed by atoms with van der Waals surface area (Å²) in [6.45, 7) is 5.93. The van der Waals surface area contributed by atoms with Gasteiger partial charge in [0.05, 0.1) is 0 Å².